The number of carbonyl (C=O) groups excluding carboxylic acids is 1. The molecule has 0 bridgehead atoms. The topological polar surface area (TPSA) is 76.7 Å². The molecular weight excluding hydrogens is 374 g/mol. The number of benzene rings is 3. The van der Waals surface area contributed by atoms with E-state index in [1.54, 1.807) is 4.90 Å². The van der Waals surface area contributed by atoms with Crippen molar-refractivity contribution in [1.82, 2.24) is 14.7 Å². The maximum Gasteiger partial charge on any atom is 0.327 e. The Bertz CT molecular complexity index is 1020. The Morgan fingerprint density at radius 3 is 2.30 bits per heavy atom. The molecule has 1 aliphatic heterocycles. The Balaban J connectivity index is 1.42. The number of fused-ring (bicyclic) bond motifs is 1. The average Bonchev–Trinajstić information content (AvgIpc) is 2.78. The number of rotatable bonds is 4. The number of piperazine rings is 1. The van der Waals surface area contributed by atoms with Crippen LogP contribution in [-0.2, 0) is 13.1 Å². The molecule has 3 aromatic carbocycles. The van der Waals surface area contributed by atoms with Crippen molar-refractivity contribution in [3.8, 4) is 0 Å². The SMILES string of the molecule is N=C(N)N(Cc1cccc2ccccc12)C(=O)N1CCN(Cc2ccccc2)CC1. The maximum atomic E-state index is 13.2. The largest absolute Gasteiger partial charge is 0.370 e. The number of carbonyl (C=O) groups is 1. The van der Waals surface area contributed by atoms with Crippen LogP contribution in [0.2, 0.25) is 0 Å². The zero-order valence-corrected chi connectivity index (χ0v) is 17.0. The molecule has 154 valence electrons. The standard InChI is InChI=1S/C24H27N5O/c25-23(26)29(18-21-11-6-10-20-9-4-5-12-22(20)21)24(30)28-15-13-27(14-16-28)17-19-7-2-1-3-8-19/h1-12H,13-18H2,(H3,25,26). The second kappa shape index (κ2) is 8.97. The van der Waals surface area contributed by atoms with Crippen LogP contribution in [0.25, 0.3) is 10.8 Å². The van der Waals surface area contributed by atoms with Gasteiger partial charge in [0.1, 0.15) is 0 Å². The number of hydrogen-bond acceptors (Lipinski definition) is 3. The Morgan fingerprint density at radius 2 is 1.57 bits per heavy atom. The van der Waals surface area contributed by atoms with Crippen LogP contribution in [0.1, 0.15) is 11.1 Å². The van der Waals surface area contributed by atoms with Crippen LogP contribution in [0.15, 0.2) is 72.8 Å². The molecule has 4 rings (SSSR count). The average molecular weight is 402 g/mol. The van der Waals surface area contributed by atoms with Crippen molar-refractivity contribution in [2.24, 2.45) is 5.73 Å². The van der Waals surface area contributed by atoms with Gasteiger partial charge in [-0.05, 0) is 21.9 Å². The van der Waals surface area contributed by atoms with Crippen LogP contribution in [0, 0.1) is 5.41 Å². The van der Waals surface area contributed by atoms with Gasteiger partial charge in [-0.25, -0.2) is 4.79 Å². The van der Waals surface area contributed by atoms with Crippen LogP contribution in [0.5, 0.6) is 0 Å². The van der Waals surface area contributed by atoms with Gasteiger partial charge in [-0.3, -0.25) is 15.2 Å². The highest BCUT2D eigenvalue weighted by Crippen LogP contribution is 2.21. The Kier molecular flexibility index (Phi) is 5.95. The van der Waals surface area contributed by atoms with Crippen LogP contribution >= 0.6 is 0 Å². The summed E-state index contributed by atoms with van der Waals surface area (Å²) >= 11 is 0. The molecule has 1 heterocycles. The first-order chi connectivity index (χ1) is 14.6. The van der Waals surface area contributed by atoms with Gasteiger partial charge in [-0.1, -0.05) is 72.8 Å². The monoisotopic (exact) mass is 401 g/mol. The van der Waals surface area contributed by atoms with Gasteiger partial charge >= 0.3 is 6.03 Å². The van der Waals surface area contributed by atoms with E-state index in [0.29, 0.717) is 19.6 Å². The predicted octanol–water partition coefficient (Wildman–Crippen LogP) is 3.47. The molecule has 3 aromatic rings. The quantitative estimate of drug-likeness (QED) is 0.519. The zero-order chi connectivity index (χ0) is 20.9. The van der Waals surface area contributed by atoms with Gasteiger partial charge in [0, 0.05) is 32.7 Å². The molecule has 0 atom stereocenters. The number of guanidine groups is 1. The molecular formula is C24H27N5O. The second-order valence-corrected chi connectivity index (χ2v) is 7.64. The van der Waals surface area contributed by atoms with Gasteiger partial charge in [0.25, 0.3) is 0 Å². The van der Waals surface area contributed by atoms with Crippen LogP contribution < -0.4 is 5.73 Å². The number of nitrogens with one attached hydrogen (secondary N) is 1. The normalized spacial score (nSPS) is 14.6. The summed E-state index contributed by atoms with van der Waals surface area (Å²) in [6.07, 6.45) is 0. The summed E-state index contributed by atoms with van der Waals surface area (Å²) in [5, 5.41) is 10.2. The van der Waals surface area contributed by atoms with Crippen LogP contribution in [0.3, 0.4) is 0 Å². The van der Waals surface area contributed by atoms with E-state index in [1.165, 1.54) is 10.5 Å². The molecule has 1 aliphatic rings. The minimum absolute atomic E-state index is 0.199. The molecule has 0 unspecified atom stereocenters. The van der Waals surface area contributed by atoms with Gasteiger partial charge < -0.3 is 10.6 Å². The van der Waals surface area contributed by atoms with E-state index in [1.807, 2.05) is 60.7 Å². The van der Waals surface area contributed by atoms with Gasteiger partial charge in [0.2, 0.25) is 0 Å². The molecule has 3 N–H and O–H groups in total. The number of nitrogens with zero attached hydrogens (tertiary/aromatic N) is 3. The molecule has 0 spiro atoms. The van der Waals surface area contributed by atoms with Crippen molar-refractivity contribution < 1.29 is 4.79 Å². The minimum Gasteiger partial charge on any atom is -0.370 e. The highest BCUT2D eigenvalue weighted by Gasteiger charge is 2.27. The molecule has 6 nitrogen and oxygen atoms in total. The summed E-state index contributed by atoms with van der Waals surface area (Å²) in [5.41, 5.74) is 8.08. The summed E-state index contributed by atoms with van der Waals surface area (Å²) < 4.78 is 0. The van der Waals surface area contributed by atoms with E-state index in [-0.39, 0.29) is 12.0 Å². The fraction of sp³-hybridized carbons (Fsp3) is 0.250. The third kappa shape index (κ3) is 4.44. The lowest BCUT2D eigenvalue weighted by molar-refractivity contribution is 0.121. The Morgan fingerprint density at radius 1 is 0.900 bits per heavy atom. The van der Waals surface area contributed by atoms with E-state index in [9.17, 15) is 4.79 Å². The number of nitrogens with two attached hydrogens (primary N) is 1. The van der Waals surface area contributed by atoms with Crippen molar-refractivity contribution >= 4 is 22.8 Å². The van der Waals surface area contributed by atoms with Crippen molar-refractivity contribution in [3.05, 3.63) is 83.9 Å². The van der Waals surface area contributed by atoms with Crippen LogP contribution in [-0.4, -0.2) is 52.9 Å². The predicted molar refractivity (Wildman–Crippen MR) is 120 cm³/mol. The molecule has 6 heteroatoms. The summed E-state index contributed by atoms with van der Waals surface area (Å²) in [5.74, 6) is -0.223. The summed E-state index contributed by atoms with van der Waals surface area (Å²) in [6, 6.07) is 24.2. The number of amides is 2. The third-order valence-electron chi connectivity index (χ3n) is 5.62. The highest BCUT2D eigenvalue weighted by atomic mass is 16.2. The van der Waals surface area contributed by atoms with Gasteiger partial charge in [0.05, 0.1) is 6.54 Å². The molecule has 30 heavy (non-hydrogen) atoms. The van der Waals surface area contributed by atoms with Gasteiger partial charge in [-0.2, -0.15) is 0 Å². The Labute approximate surface area is 177 Å². The first-order valence-corrected chi connectivity index (χ1v) is 10.3. The molecule has 1 fully saturated rings. The van der Waals surface area contributed by atoms with Gasteiger partial charge in [0.15, 0.2) is 5.96 Å². The van der Waals surface area contributed by atoms with Crippen LogP contribution in [0.4, 0.5) is 4.79 Å². The van der Waals surface area contributed by atoms with E-state index in [0.717, 1.165) is 36.0 Å². The second-order valence-electron chi connectivity index (χ2n) is 7.64. The molecule has 0 aliphatic carbocycles. The summed E-state index contributed by atoms with van der Waals surface area (Å²) in [7, 11) is 0. The lowest BCUT2D eigenvalue weighted by Crippen LogP contribution is -2.54. The highest BCUT2D eigenvalue weighted by molar-refractivity contribution is 5.95. The zero-order valence-electron chi connectivity index (χ0n) is 17.0. The van der Waals surface area contributed by atoms with E-state index in [2.05, 4.69) is 17.0 Å². The number of urea groups is 1. The summed E-state index contributed by atoms with van der Waals surface area (Å²) in [4.78, 5) is 18.7. The van der Waals surface area contributed by atoms with E-state index >= 15 is 0 Å². The number of hydrogen-bond donors (Lipinski definition) is 2. The lowest BCUT2D eigenvalue weighted by atomic mass is 10.0. The Hall–Kier alpha value is -3.38. The summed E-state index contributed by atoms with van der Waals surface area (Å²) in [6.45, 7) is 4.05. The molecule has 0 saturated carbocycles. The first-order valence-electron chi connectivity index (χ1n) is 10.3. The van der Waals surface area contributed by atoms with E-state index < -0.39 is 0 Å². The lowest BCUT2D eigenvalue weighted by Gasteiger charge is -2.37. The fourth-order valence-electron chi connectivity index (χ4n) is 3.97. The molecule has 2 amide bonds. The van der Waals surface area contributed by atoms with Crippen molar-refractivity contribution in [2.75, 3.05) is 26.2 Å². The van der Waals surface area contributed by atoms with Crippen molar-refractivity contribution in [1.29, 1.82) is 5.41 Å². The smallest absolute Gasteiger partial charge is 0.327 e. The fourth-order valence-corrected chi connectivity index (χ4v) is 3.97. The first kappa shape index (κ1) is 19.9. The molecule has 0 aromatic heterocycles. The minimum atomic E-state index is -0.223. The van der Waals surface area contributed by atoms with Crippen molar-refractivity contribution in [3.63, 3.8) is 0 Å². The molecule has 0 radical (unpaired) electrons. The van der Waals surface area contributed by atoms with E-state index in [4.69, 9.17) is 11.1 Å². The third-order valence-corrected chi connectivity index (χ3v) is 5.62. The van der Waals surface area contributed by atoms with Crippen molar-refractivity contribution in [2.45, 2.75) is 13.1 Å². The molecule has 1 saturated heterocycles. The van der Waals surface area contributed by atoms with Gasteiger partial charge in [-0.15, -0.1) is 0 Å². The maximum absolute atomic E-state index is 13.2.